The Morgan fingerprint density at radius 3 is 2.78 bits per heavy atom. The van der Waals surface area contributed by atoms with E-state index in [0.29, 0.717) is 16.6 Å². The van der Waals surface area contributed by atoms with Crippen molar-refractivity contribution in [2.24, 2.45) is 0 Å². The molecule has 0 saturated heterocycles. The van der Waals surface area contributed by atoms with Gasteiger partial charge in [-0.05, 0) is 37.1 Å². The average molecular weight is 263 g/mol. The SMILES string of the molecule is O=C(O)c1cc(C2CC2)nn1-c1cccc(Cl)c1. The van der Waals surface area contributed by atoms with Crippen LogP contribution in [0.3, 0.4) is 0 Å². The van der Waals surface area contributed by atoms with E-state index in [9.17, 15) is 9.90 Å². The zero-order valence-electron chi connectivity index (χ0n) is 9.51. The molecule has 1 heterocycles. The molecule has 0 radical (unpaired) electrons. The summed E-state index contributed by atoms with van der Waals surface area (Å²) >= 11 is 5.92. The molecule has 2 aromatic rings. The fourth-order valence-corrected chi connectivity index (χ4v) is 2.12. The van der Waals surface area contributed by atoms with E-state index in [1.54, 1.807) is 30.3 Å². The first kappa shape index (κ1) is 11.3. The predicted octanol–water partition coefficient (Wildman–Crippen LogP) is 3.10. The van der Waals surface area contributed by atoms with Crippen LogP contribution < -0.4 is 0 Å². The van der Waals surface area contributed by atoms with Crippen LogP contribution in [0.5, 0.6) is 0 Å². The number of hydrogen-bond acceptors (Lipinski definition) is 2. The van der Waals surface area contributed by atoms with Crippen molar-refractivity contribution in [2.75, 3.05) is 0 Å². The number of carboxylic acid groups (broad SMARTS) is 1. The molecule has 1 aliphatic carbocycles. The van der Waals surface area contributed by atoms with Crippen LogP contribution >= 0.6 is 11.6 Å². The van der Waals surface area contributed by atoms with E-state index in [4.69, 9.17) is 11.6 Å². The lowest BCUT2D eigenvalue weighted by molar-refractivity contribution is 0.0687. The van der Waals surface area contributed by atoms with Crippen molar-refractivity contribution < 1.29 is 9.90 Å². The van der Waals surface area contributed by atoms with Gasteiger partial charge in [-0.2, -0.15) is 5.10 Å². The van der Waals surface area contributed by atoms with Crippen LogP contribution in [-0.2, 0) is 0 Å². The standard InChI is InChI=1S/C13H11ClN2O2/c14-9-2-1-3-10(6-9)16-12(13(17)18)7-11(15-16)8-4-5-8/h1-3,6-8H,4-5H2,(H,17,18). The summed E-state index contributed by atoms with van der Waals surface area (Å²) in [6, 6.07) is 8.68. The normalized spacial score (nSPS) is 14.7. The van der Waals surface area contributed by atoms with Crippen LogP contribution in [0.25, 0.3) is 5.69 Å². The zero-order valence-corrected chi connectivity index (χ0v) is 10.3. The summed E-state index contributed by atoms with van der Waals surface area (Å²) in [6.45, 7) is 0. The average Bonchev–Trinajstić information content (AvgIpc) is 3.08. The van der Waals surface area contributed by atoms with Crippen molar-refractivity contribution in [3.63, 3.8) is 0 Å². The maximum Gasteiger partial charge on any atom is 0.354 e. The van der Waals surface area contributed by atoms with Crippen molar-refractivity contribution in [2.45, 2.75) is 18.8 Å². The molecule has 0 unspecified atom stereocenters. The maximum atomic E-state index is 11.2. The molecule has 4 nitrogen and oxygen atoms in total. The Balaban J connectivity index is 2.11. The van der Waals surface area contributed by atoms with Crippen LogP contribution in [0.4, 0.5) is 0 Å². The molecule has 18 heavy (non-hydrogen) atoms. The molecule has 0 amide bonds. The molecular formula is C13H11ClN2O2. The molecule has 0 aliphatic heterocycles. The third-order valence-electron chi connectivity index (χ3n) is 3.00. The third-order valence-corrected chi connectivity index (χ3v) is 3.23. The van der Waals surface area contributed by atoms with Gasteiger partial charge in [-0.25, -0.2) is 9.48 Å². The molecule has 1 fully saturated rings. The van der Waals surface area contributed by atoms with Crippen molar-refractivity contribution >= 4 is 17.6 Å². The number of benzene rings is 1. The first-order valence-corrected chi connectivity index (χ1v) is 6.12. The van der Waals surface area contributed by atoms with Crippen molar-refractivity contribution in [3.05, 3.63) is 46.7 Å². The van der Waals surface area contributed by atoms with E-state index in [2.05, 4.69) is 5.10 Å². The monoisotopic (exact) mass is 262 g/mol. The number of carboxylic acids is 1. The summed E-state index contributed by atoms with van der Waals surface area (Å²) in [5.41, 5.74) is 1.71. The molecule has 0 bridgehead atoms. The minimum absolute atomic E-state index is 0.180. The van der Waals surface area contributed by atoms with Gasteiger partial charge in [-0.15, -0.1) is 0 Å². The summed E-state index contributed by atoms with van der Waals surface area (Å²) in [5.74, 6) is -0.557. The van der Waals surface area contributed by atoms with Crippen LogP contribution in [0.2, 0.25) is 5.02 Å². The van der Waals surface area contributed by atoms with Crippen LogP contribution in [-0.4, -0.2) is 20.9 Å². The Labute approximate surface area is 109 Å². The van der Waals surface area contributed by atoms with E-state index >= 15 is 0 Å². The lowest BCUT2D eigenvalue weighted by atomic mass is 10.2. The van der Waals surface area contributed by atoms with Gasteiger partial charge in [0.2, 0.25) is 0 Å². The summed E-state index contributed by atoms with van der Waals surface area (Å²) in [4.78, 5) is 11.2. The predicted molar refractivity (Wildman–Crippen MR) is 67.5 cm³/mol. The highest BCUT2D eigenvalue weighted by atomic mass is 35.5. The molecule has 1 saturated carbocycles. The number of nitrogens with zero attached hydrogens (tertiary/aromatic N) is 2. The maximum absolute atomic E-state index is 11.2. The Bertz CT molecular complexity index is 617. The highest BCUT2D eigenvalue weighted by Gasteiger charge is 2.28. The summed E-state index contributed by atoms with van der Waals surface area (Å²) in [7, 11) is 0. The summed E-state index contributed by atoms with van der Waals surface area (Å²) in [5, 5.41) is 14.2. The Kier molecular flexibility index (Phi) is 2.59. The van der Waals surface area contributed by atoms with Crippen molar-refractivity contribution in [3.8, 4) is 5.69 Å². The first-order valence-electron chi connectivity index (χ1n) is 5.74. The fraction of sp³-hybridized carbons (Fsp3) is 0.231. The number of hydrogen-bond donors (Lipinski definition) is 1. The molecule has 1 aliphatic rings. The van der Waals surface area contributed by atoms with Gasteiger partial charge >= 0.3 is 5.97 Å². The quantitative estimate of drug-likeness (QED) is 0.925. The number of aromatic nitrogens is 2. The van der Waals surface area contributed by atoms with E-state index < -0.39 is 5.97 Å². The van der Waals surface area contributed by atoms with E-state index in [0.717, 1.165) is 18.5 Å². The summed E-state index contributed by atoms with van der Waals surface area (Å²) < 4.78 is 1.45. The number of rotatable bonds is 3. The Morgan fingerprint density at radius 1 is 1.39 bits per heavy atom. The first-order chi connectivity index (χ1) is 8.65. The molecule has 3 rings (SSSR count). The van der Waals surface area contributed by atoms with Crippen LogP contribution in [0.1, 0.15) is 34.9 Å². The molecule has 92 valence electrons. The number of carbonyl (C=O) groups is 1. The van der Waals surface area contributed by atoms with E-state index in [-0.39, 0.29) is 5.69 Å². The Morgan fingerprint density at radius 2 is 2.17 bits per heavy atom. The van der Waals surface area contributed by atoms with Gasteiger partial charge in [-0.3, -0.25) is 0 Å². The topological polar surface area (TPSA) is 55.1 Å². The van der Waals surface area contributed by atoms with Crippen LogP contribution in [0.15, 0.2) is 30.3 Å². The molecule has 1 aromatic heterocycles. The smallest absolute Gasteiger partial charge is 0.354 e. The van der Waals surface area contributed by atoms with Gasteiger partial charge in [0.05, 0.1) is 11.4 Å². The third kappa shape index (κ3) is 1.99. The second-order valence-electron chi connectivity index (χ2n) is 4.43. The van der Waals surface area contributed by atoms with Gasteiger partial charge in [0.1, 0.15) is 0 Å². The largest absolute Gasteiger partial charge is 0.477 e. The van der Waals surface area contributed by atoms with Gasteiger partial charge < -0.3 is 5.11 Å². The Hall–Kier alpha value is -1.81. The fourth-order valence-electron chi connectivity index (χ4n) is 1.94. The highest BCUT2D eigenvalue weighted by molar-refractivity contribution is 6.30. The van der Waals surface area contributed by atoms with Gasteiger partial charge in [0.25, 0.3) is 0 Å². The zero-order chi connectivity index (χ0) is 12.7. The second kappa shape index (κ2) is 4.14. The lowest BCUT2D eigenvalue weighted by Gasteiger charge is -2.04. The lowest BCUT2D eigenvalue weighted by Crippen LogP contribution is -2.07. The molecule has 1 aromatic carbocycles. The number of halogens is 1. The molecule has 0 spiro atoms. The molecular weight excluding hydrogens is 252 g/mol. The highest BCUT2D eigenvalue weighted by Crippen LogP contribution is 2.39. The van der Waals surface area contributed by atoms with E-state index in [1.165, 1.54) is 4.68 Å². The molecule has 5 heteroatoms. The van der Waals surface area contributed by atoms with Crippen LogP contribution in [0, 0.1) is 0 Å². The molecule has 0 atom stereocenters. The van der Waals surface area contributed by atoms with Crippen molar-refractivity contribution in [1.82, 2.24) is 9.78 Å². The summed E-state index contributed by atoms with van der Waals surface area (Å²) in [6.07, 6.45) is 2.18. The van der Waals surface area contributed by atoms with Gasteiger partial charge in [0.15, 0.2) is 5.69 Å². The van der Waals surface area contributed by atoms with Gasteiger partial charge in [0, 0.05) is 10.9 Å². The second-order valence-corrected chi connectivity index (χ2v) is 4.86. The van der Waals surface area contributed by atoms with Gasteiger partial charge in [-0.1, -0.05) is 17.7 Å². The molecule has 1 N–H and O–H groups in total. The minimum Gasteiger partial charge on any atom is -0.477 e. The minimum atomic E-state index is -0.977. The number of aromatic carboxylic acids is 1. The van der Waals surface area contributed by atoms with Crippen molar-refractivity contribution in [1.29, 1.82) is 0 Å². The van der Waals surface area contributed by atoms with E-state index in [1.807, 2.05) is 0 Å².